The molecule has 4 rings (SSSR count). The van der Waals surface area contributed by atoms with Crippen LogP contribution in [-0.4, -0.2) is 55.6 Å². The molecule has 2 fully saturated rings. The molecule has 2 amide bonds. The van der Waals surface area contributed by atoms with Crippen molar-refractivity contribution in [1.82, 2.24) is 9.21 Å². The fourth-order valence-electron chi connectivity index (χ4n) is 5.28. The predicted octanol–water partition coefficient (Wildman–Crippen LogP) is 3.82. The molecule has 0 unspecified atom stereocenters. The Morgan fingerprint density at radius 3 is 2.20 bits per heavy atom. The molecule has 2 aromatic rings. The maximum Gasteiger partial charge on any atom is 0.243 e. The lowest BCUT2D eigenvalue weighted by Gasteiger charge is -2.32. The lowest BCUT2D eigenvalue weighted by atomic mass is 9.98. The van der Waals surface area contributed by atoms with Crippen LogP contribution in [0.2, 0.25) is 0 Å². The molecule has 0 bridgehead atoms. The Morgan fingerprint density at radius 1 is 0.943 bits per heavy atom. The summed E-state index contributed by atoms with van der Waals surface area (Å²) in [6, 6.07) is 11.1. The third-order valence-electron chi connectivity index (χ3n) is 6.99. The second-order valence-corrected chi connectivity index (χ2v) is 11.8. The lowest BCUT2D eigenvalue weighted by molar-refractivity contribution is -0.129. The summed E-state index contributed by atoms with van der Waals surface area (Å²) in [6.45, 7) is 7.86. The summed E-state index contributed by atoms with van der Waals surface area (Å²) in [5, 5.41) is 2.93. The van der Waals surface area contributed by atoms with E-state index in [0.29, 0.717) is 36.4 Å². The van der Waals surface area contributed by atoms with E-state index in [0.717, 1.165) is 48.2 Å². The quantitative estimate of drug-likeness (QED) is 0.657. The minimum atomic E-state index is -3.69. The topological polar surface area (TPSA) is 86.8 Å². The van der Waals surface area contributed by atoms with Crippen molar-refractivity contribution in [3.8, 4) is 0 Å². The highest BCUT2D eigenvalue weighted by Gasteiger charge is 2.35. The third-order valence-corrected chi connectivity index (χ3v) is 9.16. The Balaban J connectivity index is 1.39. The van der Waals surface area contributed by atoms with Crippen molar-refractivity contribution in [2.24, 2.45) is 5.92 Å². The van der Waals surface area contributed by atoms with Gasteiger partial charge in [0.15, 0.2) is 0 Å². The monoisotopic (exact) mass is 497 g/mol. The van der Waals surface area contributed by atoms with E-state index in [-0.39, 0.29) is 18.4 Å². The van der Waals surface area contributed by atoms with Gasteiger partial charge in [-0.05, 0) is 75.3 Å². The zero-order valence-corrected chi connectivity index (χ0v) is 21.7. The Labute approximate surface area is 208 Å². The van der Waals surface area contributed by atoms with Gasteiger partial charge >= 0.3 is 0 Å². The highest BCUT2D eigenvalue weighted by molar-refractivity contribution is 7.89. The number of anilines is 1. The van der Waals surface area contributed by atoms with Crippen molar-refractivity contribution in [1.29, 1.82) is 0 Å². The highest BCUT2D eigenvalue weighted by Crippen LogP contribution is 2.29. The van der Waals surface area contributed by atoms with E-state index in [1.807, 2.05) is 49.9 Å². The maximum atomic E-state index is 13.5. The minimum absolute atomic E-state index is 0.141. The number of hydrogen-bond donors (Lipinski definition) is 1. The number of likely N-dealkylation sites (tertiary alicyclic amines) is 1. The molecule has 1 N–H and O–H groups in total. The van der Waals surface area contributed by atoms with Crippen molar-refractivity contribution in [2.45, 2.75) is 57.8 Å². The number of rotatable bonds is 6. The van der Waals surface area contributed by atoms with Gasteiger partial charge in [0.05, 0.1) is 17.2 Å². The van der Waals surface area contributed by atoms with Crippen molar-refractivity contribution in [2.75, 3.05) is 31.5 Å². The number of nitrogens with zero attached hydrogens (tertiary/aromatic N) is 2. The van der Waals surface area contributed by atoms with Gasteiger partial charge in [-0.3, -0.25) is 9.59 Å². The van der Waals surface area contributed by atoms with E-state index >= 15 is 0 Å². The average Bonchev–Trinajstić information content (AvgIpc) is 3.35. The third kappa shape index (κ3) is 5.76. The number of carbonyl (C=O) groups is 2. The van der Waals surface area contributed by atoms with Gasteiger partial charge in [-0.2, -0.15) is 4.31 Å². The molecule has 0 radical (unpaired) electrons. The lowest BCUT2D eigenvalue weighted by Crippen LogP contribution is -2.44. The second-order valence-electron chi connectivity index (χ2n) is 9.88. The minimum Gasteiger partial charge on any atom is -0.342 e. The summed E-state index contributed by atoms with van der Waals surface area (Å²) in [4.78, 5) is 27.6. The summed E-state index contributed by atoms with van der Waals surface area (Å²) in [7, 11) is -3.69. The Morgan fingerprint density at radius 2 is 1.57 bits per heavy atom. The van der Waals surface area contributed by atoms with Crippen molar-refractivity contribution in [3.63, 3.8) is 0 Å². The largest absolute Gasteiger partial charge is 0.342 e. The number of nitrogens with one attached hydrogen (secondary N) is 1. The molecule has 188 valence electrons. The van der Waals surface area contributed by atoms with E-state index in [2.05, 4.69) is 5.32 Å². The van der Waals surface area contributed by atoms with E-state index in [9.17, 15) is 18.0 Å². The van der Waals surface area contributed by atoms with Crippen molar-refractivity contribution in [3.05, 3.63) is 58.7 Å². The molecule has 2 heterocycles. The summed E-state index contributed by atoms with van der Waals surface area (Å²) in [5.41, 5.74) is 4.06. The van der Waals surface area contributed by atoms with Crippen LogP contribution in [0.5, 0.6) is 0 Å². The van der Waals surface area contributed by atoms with Gasteiger partial charge in [0.25, 0.3) is 0 Å². The predicted molar refractivity (Wildman–Crippen MR) is 137 cm³/mol. The fraction of sp³-hybridized carbons (Fsp3) is 0.481. The van der Waals surface area contributed by atoms with Crippen LogP contribution >= 0.6 is 0 Å². The van der Waals surface area contributed by atoms with E-state index in [1.54, 1.807) is 12.1 Å². The van der Waals surface area contributed by atoms with Gasteiger partial charge in [-0.15, -0.1) is 0 Å². The first-order valence-corrected chi connectivity index (χ1v) is 13.8. The number of sulfonamides is 1. The van der Waals surface area contributed by atoms with Crippen LogP contribution in [0.4, 0.5) is 5.69 Å². The normalized spacial score (nSPS) is 19.1. The smallest absolute Gasteiger partial charge is 0.243 e. The molecule has 7 nitrogen and oxygen atoms in total. The summed E-state index contributed by atoms with van der Waals surface area (Å²) >= 11 is 0. The molecule has 2 aliphatic heterocycles. The molecular weight excluding hydrogens is 462 g/mol. The molecular formula is C27H35N3O4S. The summed E-state index contributed by atoms with van der Waals surface area (Å²) < 4.78 is 28.4. The van der Waals surface area contributed by atoms with Gasteiger partial charge in [-0.1, -0.05) is 29.8 Å². The Hall–Kier alpha value is -2.71. The Bertz CT molecular complexity index is 1180. The molecule has 1 atom stereocenters. The van der Waals surface area contributed by atoms with Crippen LogP contribution < -0.4 is 5.32 Å². The summed E-state index contributed by atoms with van der Waals surface area (Å²) in [6.07, 6.45) is 3.79. The number of carbonyl (C=O) groups excluding carboxylic acids is 2. The molecule has 2 aliphatic rings. The van der Waals surface area contributed by atoms with Crippen LogP contribution in [0, 0.1) is 26.7 Å². The number of hydrogen-bond acceptors (Lipinski definition) is 4. The van der Waals surface area contributed by atoms with Crippen LogP contribution in [0.3, 0.4) is 0 Å². The first-order valence-electron chi connectivity index (χ1n) is 12.4. The summed E-state index contributed by atoms with van der Waals surface area (Å²) in [5.74, 6) is -0.453. The van der Waals surface area contributed by atoms with Crippen LogP contribution in [-0.2, 0) is 26.0 Å². The molecule has 0 aromatic heterocycles. The Kier molecular flexibility index (Phi) is 7.62. The molecule has 2 aromatic carbocycles. The number of piperidine rings is 1. The van der Waals surface area contributed by atoms with E-state index in [4.69, 9.17) is 0 Å². The molecule has 0 aliphatic carbocycles. The van der Waals surface area contributed by atoms with Crippen molar-refractivity contribution >= 4 is 27.5 Å². The van der Waals surface area contributed by atoms with Gasteiger partial charge in [0, 0.05) is 31.9 Å². The second kappa shape index (κ2) is 10.5. The first-order chi connectivity index (χ1) is 16.6. The van der Waals surface area contributed by atoms with Crippen LogP contribution in [0.25, 0.3) is 0 Å². The standard InChI is InChI=1S/C27H35N3O4S/c1-19-15-20(2)26(21(3)16-19)35(33,34)30-14-6-7-23(18-30)27(32)28-24-10-8-22(9-11-24)17-25(31)29-12-4-5-13-29/h8-11,15-16,23H,4-7,12-14,17-18H2,1-3H3,(H,28,32)/t23-/m1/s1. The SMILES string of the molecule is Cc1cc(C)c(S(=O)(=O)N2CCC[C@@H](C(=O)Nc3ccc(CC(=O)N4CCCC4)cc3)C2)c(C)c1. The van der Waals surface area contributed by atoms with Gasteiger partial charge in [0.2, 0.25) is 21.8 Å². The van der Waals surface area contributed by atoms with Gasteiger partial charge in [-0.25, -0.2) is 8.42 Å². The van der Waals surface area contributed by atoms with Gasteiger partial charge in [0.1, 0.15) is 0 Å². The number of benzene rings is 2. The van der Waals surface area contributed by atoms with Gasteiger partial charge < -0.3 is 10.2 Å². The van der Waals surface area contributed by atoms with E-state index in [1.165, 1.54) is 4.31 Å². The van der Waals surface area contributed by atoms with Crippen LogP contribution in [0.15, 0.2) is 41.3 Å². The highest BCUT2D eigenvalue weighted by atomic mass is 32.2. The number of aryl methyl sites for hydroxylation is 3. The molecule has 35 heavy (non-hydrogen) atoms. The van der Waals surface area contributed by atoms with E-state index < -0.39 is 15.9 Å². The van der Waals surface area contributed by atoms with Crippen LogP contribution in [0.1, 0.15) is 47.9 Å². The molecule has 2 saturated heterocycles. The number of amides is 2. The zero-order valence-electron chi connectivity index (χ0n) is 20.8. The fourth-order valence-corrected chi connectivity index (χ4v) is 7.22. The first kappa shape index (κ1) is 25.4. The maximum absolute atomic E-state index is 13.5. The van der Waals surface area contributed by atoms with Crippen molar-refractivity contribution < 1.29 is 18.0 Å². The average molecular weight is 498 g/mol. The molecule has 0 saturated carbocycles. The molecule has 0 spiro atoms. The zero-order chi connectivity index (χ0) is 25.2. The molecule has 8 heteroatoms.